The molecule has 2 atom stereocenters. The van der Waals surface area contributed by atoms with Crippen molar-refractivity contribution in [3.63, 3.8) is 0 Å². The molecule has 1 aromatic carbocycles. The lowest BCUT2D eigenvalue weighted by molar-refractivity contribution is -0.147. The lowest BCUT2D eigenvalue weighted by Crippen LogP contribution is -2.36. The fourth-order valence-corrected chi connectivity index (χ4v) is 2.52. The summed E-state index contributed by atoms with van der Waals surface area (Å²) in [5.41, 5.74) is 2.52. The number of hydrogen-bond acceptors (Lipinski definition) is 3. The highest BCUT2D eigenvalue weighted by atomic mass is 16.4. The van der Waals surface area contributed by atoms with E-state index in [-0.39, 0.29) is 24.8 Å². The zero-order valence-electron chi connectivity index (χ0n) is 11.2. The molecule has 0 aromatic heterocycles. The van der Waals surface area contributed by atoms with E-state index in [0.29, 0.717) is 0 Å². The first-order chi connectivity index (χ1) is 9.58. The zero-order chi connectivity index (χ0) is 14.5. The van der Waals surface area contributed by atoms with Crippen LogP contribution in [0.2, 0.25) is 0 Å². The molecule has 0 saturated heterocycles. The van der Waals surface area contributed by atoms with Gasteiger partial charge >= 0.3 is 5.97 Å². The molecule has 3 N–H and O–H groups in total. The molecular weight excluding hydrogens is 258 g/mol. The maximum Gasteiger partial charge on any atom is 0.332 e. The van der Waals surface area contributed by atoms with Crippen LogP contribution < -0.4 is 5.32 Å². The summed E-state index contributed by atoms with van der Waals surface area (Å²) in [4.78, 5) is 22.5. The Kier molecular flexibility index (Phi) is 4.74. The van der Waals surface area contributed by atoms with Crippen molar-refractivity contribution < 1.29 is 19.8 Å². The van der Waals surface area contributed by atoms with Crippen molar-refractivity contribution in [1.82, 2.24) is 5.32 Å². The van der Waals surface area contributed by atoms with Crippen molar-refractivity contribution in [3.8, 4) is 0 Å². The van der Waals surface area contributed by atoms with E-state index in [1.165, 1.54) is 11.1 Å². The van der Waals surface area contributed by atoms with Crippen LogP contribution in [0.25, 0.3) is 0 Å². The quantitative estimate of drug-likeness (QED) is 0.741. The molecule has 0 radical (unpaired) electrons. The molecule has 5 heteroatoms. The Bertz CT molecular complexity index is 500. The Hall–Kier alpha value is -1.88. The number of rotatable bonds is 5. The van der Waals surface area contributed by atoms with Crippen LogP contribution in [0.1, 0.15) is 24.0 Å². The number of aryl methyl sites for hydroxylation is 1. The molecule has 1 amide bonds. The molecule has 2 rings (SSSR count). The number of carbonyl (C=O) groups is 2. The normalized spacial score (nSPS) is 18.9. The highest BCUT2D eigenvalue weighted by Gasteiger charge is 2.24. The van der Waals surface area contributed by atoms with Crippen molar-refractivity contribution in [2.45, 2.75) is 31.8 Å². The molecule has 1 aliphatic rings. The monoisotopic (exact) mass is 277 g/mol. The molecule has 0 spiro atoms. The molecular formula is C15H19NO4. The molecule has 1 aromatic rings. The van der Waals surface area contributed by atoms with E-state index in [9.17, 15) is 9.59 Å². The van der Waals surface area contributed by atoms with Crippen LogP contribution in [0, 0.1) is 5.92 Å². The average Bonchev–Trinajstić information content (AvgIpc) is 2.46. The molecule has 2 unspecified atom stereocenters. The third-order valence-corrected chi connectivity index (χ3v) is 3.72. The molecule has 108 valence electrons. The van der Waals surface area contributed by atoms with Crippen LogP contribution >= 0.6 is 0 Å². The van der Waals surface area contributed by atoms with E-state index >= 15 is 0 Å². The number of aliphatic hydroxyl groups is 1. The molecule has 20 heavy (non-hydrogen) atoms. The van der Waals surface area contributed by atoms with Crippen LogP contribution in [-0.4, -0.2) is 34.7 Å². The summed E-state index contributed by atoms with van der Waals surface area (Å²) in [7, 11) is 0. The van der Waals surface area contributed by atoms with Gasteiger partial charge in [0.1, 0.15) is 0 Å². The Balaban J connectivity index is 1.81. The van der Waals surface area contributed by atoms with Crippen LogP contribution in [0.4, 0.5) is 0 Å². The van der Waals surface area contributed by atoms with Gasteiger partial charge in [-0.05, 0) is 30.4 Å². The van der Waals surface area contributed by atoms with Crippen LogP contribution in [0.5, 0.6) is 0 Å². The van der Waals surface area contributed by atoms with Crippen molar-refractivity contribution in [3.05, 3.63) is 35.4 Å². The van der Waals surface area contributed by atoms with Crippen molar-refractivity contribution in [2.75, 3.05) is 6.54 Å². The number of fused-ring (bicyclic) bond motifs is 1. The number of amides is 1. The van der Waals surface area contributed by atoms with E-state index < -0.39 is 12.1 Å². The van der Waals surface area contributed by atoms with Gasteiger partial charge in [0, 0.05) is 18.9 Å². The van der Waals surface area contributed by atoms with E-state index in [4.69, 9.17) is 10.2 Å². The zero-order valence-corrected chi connectivity index (χ0v) is 11.2. The van der Waals surface area contributed by atoms with Gasteiger partial charge in [-0.2, -0.15) is 0 Å². The number of nitrogens with one attached hydrogen (secondary N) is 1. The Morgan fingerprint density at radius 3 is 2.70 bits per heavy atom. The highest BCUT2D eigenvalue weighted by Crippen LogP contribution is 2.25. The average molecular weight is 277 g/mol. The second kappa shape index (κ2) is 6.52. The van der Waals surface area contributed by atoms with Crippen molar-refractivity contribution in [2.24, 2.45) is 5.92 Å². The van der Waals surface area contributed by atoms with Gasteiger partial charge in [-0.25, -0.2) is 4.79 Å². The SMILES string of the molecule is O=C(O)C(O)CCNC(=O)C1CCc2ccccc2C1. The Morgan fingerprint density at radius 2 is 2.00 bits per heavy atom. The van der Waals surface area contributed by atoms with Gasteiger partial charge in [-0.15, -0.1) is 0 Å². The summed E-state index contributed by atoms with van der Waals surface area (Å²) < 4.78 is 0. The number of hydrogen-bond donors (Lipinski definition) is 3. The van der Waals surface area contributed by atoms with Gasteiger partial charge in [0.25, 0.3) is 0 Å². The molecule has 0 fully saturated rings. The number of aliphatic hydroxyl groups excluding tert-OH is 1. The second-order valence-electron chi connectivity index (χ2n) is 5.14. The second-order valence-corrected chi connectivity index (χ2v) is 5.14. The standard InChI is InChI=1S/C15H19NO4/c17-13(15(19)20)7-8-16-14(18)12-6-5-10-3-1-2-4-11(10)9-12/h1-4,12-13,17H,5-9H2,(H,16,18)(H,19,20). The molecule has 0 heterocycles. The number of carboxylic acids is 1. The summed E-state index contributed by atoms with van der Waals surface area (Å²) >= 11 is 0. The summed E-state index contributed by atoms with van der Waals surface area (Å²) in [6.45, 7) is 0.185. The maximum absolute atomic E-state index is 12.0. The van der Waals surface area contributed by atoms with Crippen molar-refractivity contribution >= 4 is 11.9 Å². The highest BCUT2D eigenvalue weighted by molar-refractivity contribution is 5.79. The topological polar surface area (TPSA) is 86.6 Å². The predicted molar refractivity (Wildman–Crippen MR) is 73.2 cm³/mol. The summed E-state index contributed by atoms with van der Waals surface area (Å²) in [5.74, 6) is -1.38. The van der Waals surface area contributed by atoms with E-state index in [1.807, 2.05) is 18.2 Å². The molecule has 1 aliphatic carbocycles. The summed E-state index contributed by atoms with van der Waals surface area (Å²) in [6, 6.07) is 8.12. The van der Waals surface area contributed by atoms with Gasteiger partial charge in [0.2, 0.25) is 5.91 Å². The first-order valence-corrected chi connectivity index (χ1v) is 6.83. The van der Waals surface area contributed by atoms with Gasteiger partial charge < -0.3 is 15.5 Å². The molecule has 0 bridgehead atoms. The largest absolute Gasteiger partial charge is 0.479 e. The smallest absolute Gasteiger partial charge is 0.332 e. The predicted octanol–water partition coefficient (Wildman–Crippen LogP) is 0.743. The fourth-order valence-electron chi connectivity index (χ4n) is 2.52. The third kappa shape index (κ3) is 3.57. The molecule has 5 nitrogen and oxygen atoms in total. The summed E-state index contributed by atoms with van der Waals surface area (Å²) in [6.07, 6.45) is 1.05. The van der Waals surface area contributed by atoms with Gasteiger partial charge in [0.15, 0.2) is 6.10 Å². The van der Waals surface area contributed by atoms with E-state index in [1.54, 1.807) is 0 Å². The van der Waals surface area contributed by atoms with Crippen LogP contribution in [0.3, 0.4) is 0 Å². The maximum atomic E-state index is 12.0. The number of carbonyl (C=O) groups excluding carboxylic acids is 1. The minimum absolute atomic E-state index is 0.0321. The van der Waals surface area contributed by atoms with Gasteiger partial charge in [0.05, 0.1) is 0 Å². The Morgan fingerprint density at radius 1 is 1.30 bits per heavy atom. The number of carboxylic acid groups (broad SMARTS) is 1. The van der Waals surface area contributed by atoms with Crippen LogP contribution in [0.15, 0.2) is 24.3 Å². The van der Waals surface area contributed by atoms with E-state index in [0.717, 1.165) is 19.3 Å². The lowest BCUT2D eigenvalue weighted by atomic mass is 9.83. The lowest BCUT2D eigenvalue weighted by Gasteiger charge is -2.23. The summed E-state index contributed by atoms with van der Waals surface area (Å²) in [5, 5.41) is 20.4. The van der Waals surface area contributed by atoms with Crippen LogP contribution in [-0.2, 0) is 22.4 Å². The molecule has 0 aliphatic heterocycles. The van der Waals surface area contributed by atoms with Gasteiger partial charge in [-0.3, -0.25) is 4.79 Å². The number of aliphatic carboxylic acids is 1. The molecule has 0 saturated carbocycles. The first-order valence-electron chi connectivity index (χ1n) is 6.83. The van der Waals surface area contributed by atoms with Gasteiger partial charge in [-0.1, -0.05) is 24.3 Å². The fraction of sp³-hybridized carbons (Fsp3) is 0.467. The minimum atomic E-state index is -1.41. The minimum Gasteiger partial charge on any atom is -0.479 e. The third-order valence-electron chi connectivity index (χ3n) is 3.72. The van der Waals surface area contributed by atoms with E-state index in [2.05, 4.69) is 11.4 Å². The number of benzene rings is 1. The van der Waals surface area contributed by atoms with Crippen molar-refractivity contribution in [1.29, 1.82) is 0 Å². The Labute approximate surface area is 117 Å². The first kappa shape index (κ1) is 14.5.